The number of hydrogen-bond donors (Lipinski definition) is 1. The summed E-state index contributed by atoms with van der Waals surface area (Å²) in [5.74, 6) is 0. The van der Waals surface area contributed by atoms with Crippen molar-refractivity contribution in [1.29, 1.82) is 0 Å². The summed E-state index contributed by atoms with van der Waals surface area (Å²) in [4.78, 5) is 2.20. The van der Waals surface area contributed by atoms with E-state index in [9.17, 15) is 5.11 Å². The fraction of sp³-hybridized carbons (Fsp3) is 0.571. The van der Waals surface area contributed by atoms with Crippen molar-refractivity contribution >= 4 is 0 Å². The van der Waals surface area contributed by atoms with Crippen molar-refractivity contribution in [3.05, 3.63) is 35.9 Å². The topological polar surface area (TPSA) is 32.7 Å². The zero-order valence-electron chi connectivity index (χ0n) is 10.8. The van der Waals surface area contributed by atoms with Gasteiger partial charge in [0.05, 0.1) is 12.7 Å². The van der Waals surface area contributed by atoms with Gasteiger partial charge in [0.1, 0.15) is 0 Å². The van der Waals surface area contributed by atoms with Crippen LogP contribution in [0, 0.1) is 0 Å². The Morgan fingerprint density at radius 1 is 1.24 bits per heavy atom. The van der Waals surface area contributed by atoms with Crippen LogP contribution in [0.4, 0.5) is 0 Å². The molecule has 1 unspecified atom stereocenters. The molecule has 17 heavy (non-hydrogen) atoms. The number of ether oxygens (including phenoxy) is 1. The highest BCUT2D eigenvalue weighted by Gasteiger charge is 2.11. The van der Waals surface area contributed by atoms with Gasteiger partial charge < -0.3 is 9.84 Å². The van der Waals surface area contributed by atoms with Crippen LogP contribution in [0.1, 0.15) is 25.5 Å². The number of hydrogen-bond acceptors (Lipinski definition) is 3. The standard InChI is InChI=1S/C14H23NO2/c1-3-15(10-11-17-4-2)12-14(16)13-8-6-5-7-9-13/h5-9,14,16H,3-4,10-12H2,1-2H3. The van der Waals surface area contributed by atoms with Crippen LogP contribution >= 0.6 is 0 Å². The van der Waals surface area contributed by atoms with Gasteiger partial charge in [0.15, 0.2) is 0 Å². The average molecular weight is 237 g/mol. The quantitative estimate of drug-likeness (QED) is 0.703. The summed E-state index contributed by atoms with van der Waals surface area (Å²) >= 11 is 0. The average Bonchev–Trinajstić information content (AvgIpc) is 2.38. The molecule has 0 amide bonds. The highest BCUT2D eigenvalue weighted by Crippen LogP contribution is 2.13. The highest BCUT2D eigenvalue weighted by atomic mass is 16.5. The van der Waals surface area contributed by atoms with E-state index in [4.69, 9.17) is 4.74 Å². The second-order valence-corrected chi connectivity index (χ2v) is 4.02. The Morgan fingerprint density at radius 2 is 1.94 bits per heavy atom. The predicted molar refractivity (Wildman–Crippen MR) is 70.0 cm³/mol. The van der Waals surface area contributed by atoms with Crippen molar-refractivity contribution in [2.45, 2.75) is 20.0 Å². The van der Waals surface area contributed by atoms with Crippen LogP contribution < -0.4 is 0 Å². The maximum absolute atomic E-state index is 10.1. The molecular formula is C14H23NO2. The fourth-order valence-corrected chi connectivity index (χ4v) is 1.74. The van der Waals surface area contributed by atoms with E-state index < -0.39 is 6.10 Å². The molecule has 0 radical (unpaired) electrons. The van der Waals surface area contributed by atoms with Gasteiger partial charge in [-0.05, 0) is 19.0 Å². The molecule has 0 aliphatic heterocycles. The van der Waals surface area contributed by atoms with Gasteiger partial charge in [-0.25, -0.2) is 0 Å². The van der Waals surface area contributed by atoms with Gasteiger partial charge in [0.2, 0.25) is 0 Å². The summed E-state index contributed by atoms with van der Waals surface area (Å²) in [6.45, 7) is 8.03. The van der Waals surface area contributed by atoms with Gasteiger partial charge in [0.25, 0.3) is 0 Å². The van der Waals surface area contributed by atoms with E-state index >= 15 is 0 Å². The molecule has 0 saturated carbocycles. The fourth-order valence-electron chi connectivity index (χ4n) is 1.74. The normalized spacial score (nSPS) is 12.9. The van der Waals surface area contributed by atoms with Gasteiger partial charge >= 0.3 is 0 Å². The zero-order chi connectivity index (χ0) is 12.5. The minimum absolute atomic E-state index is 0.419. The number of benzene rings is 1. The first-order chi connectivity index (χ1) is 8.27. The lowest BCUT2D eigenvalue weighted by atomic mass is 10.1. The number of rotatable bonds is 8. The molecule has 1 N–H and O–H groups in total. The maximum Gasteiger partial charge on any atom is 0.0916 e. The number of nitrogens with zero attached hydrogens (tertiary/aromatic N) is 1. The molecule has 0 aliphatic rings. The largest absolute Gasteiger partial charge is 0.387 e. The Kier molecular flexibility index (Phi) is 6.86. The van der Waals surface area contributed by atoms with Crippen LogP contribution in [-0.4, -0.2) is 42.9 Å². The smallest absolute Gasteiger partial charge is 0.0916 e. The number of likely N-dealkylation sites (N-methyl/N-ethyl adjacent to an activating group) is 1. The monoisotopic (exact) mass is 237 g/mol. The molecule has 96 valence electrons. The van der Waals surface area contributed by atoms with Gasteiger partial charge in [-0.15, -0.1) is 0 Å². The van der Waals surface area contributed by atoms with Crippen molar-refractivity contribution in [1.82, 2.24) is 4.90 Å². The van der Waals surface area contributed by atoms with Crippen molar-refractivity contribution < 1.29 is 9.84 Å². The number of aliphatic hydroxyl groups excluding tert-OH is 1. The first-order valence-electron chi connectivity index (χ1n) is 6.31. The van der Waals surface area contributed by atoms with Crippen LogP contribution in [0.25, 0.3) is 0 Å². The van der Waals surface area contributed by atoms with Crippen molar-refractivity contribution in [3.63, 3.8) is 0 Å². The van der Waals surface area contributed by atoms with E-state index in [0.717, 1.165) is 31.9 Å². The second kappa shape index (κ2) is 8.23. The Hall–Kier alpha value is -0.900. The first-order valence-corrected chi connectivity index (χ1v) is 6.31. The lowest BCUT2D eigenvalue weighted by Crippen LogP contribution is -2.31. The van der Waals surface area contributed by atoms with E-state index in [1.807, 2.05) is 37.3 Å². The molecule has 0 bridgehead atoms. The van der Waals surface area contributed by atoms with Gasteiger partial charge in [0, 0.05) is 19.7 Å². The molecule has 0 heterocycles. The van der Waals surface area contributed by atoms with Crippen LogP contribution in [0.2, 0.25) is 0 Å². The zero-order valence-corrected chi connectivity index (χ0v) is 10.8. The van der Waals surface area contributed by atoms with Crippen LogP contribution in [0.15, 0.2) is 30.3 Å². The summed E-state index contributed by atoms with van der Waals surface area (Å²) in [7, 11) is 0. The Balaban J connectivity index is 2.39. The third-order valence-electron chi connectivity index (χ3n) is 2.82. The Labute approximate surface area is 104 Å². The third kappa shape index (κ3) is 5.31. The van der Waals surface area contributed by atoms with E-state index in [1.165, 1.54) is 0 Å². The van der Waals surface area contributed by atoms with Crippen LogP contribution in [0.5, 0.6) is 0 Å². The first kappa shape index (κ1) is 14.2. The third-order valence-corrected chi connectivity index (χ3v) is 2.82. The maximum atomic E-state index is 10.1. The molecule has 1 aromatic rings. The molecule has 3 heteroatoms. The molecule has 0 saturated heterocycles. The summed E-state index contributed by atoms with van der Waals surface area (Å²) in [6, 6.07) is 9.79. The van der Waals surface area contributed by atoms with Gasteiger partial charge in [-0.3, -0.25) is 4.90 Å². The van der Waals surface area contributed by atoms with E-state index in [1.54, 1.807) is 0 Å². The molecule has 0 aromatic heterocycles. The van der Waals surface area contributed by atoms with E-state index in [0.29, 0.717) is 6.54 Å². The molecule has 1 aromatic carbocycles. The lowest BCUT2D eigenvalue weighted by Gasteiger charge is -2.23. The lowest BCUT2D eigenvalue weighted by molar-refractivity contribution is 0.0792. The summed E-state index contributed by atoms with van der Waals surface area (Å²) in [5, 5.41) is 10.1. The van der Waals surface area contributed by atoms with E-state index in [-0.39, 0.29) is 0 Å². The van der Waals surface area contributed by atoms with Crippen molar-refractivity contribution in [3.8, 4) is 0 Å². The molecule has 0 fully saturated rings. The molecule has 3 nitrogen and oxygen atoms in total. The Morgan fingerprint density at radius 3 is 2.53 bits per heavy atom. The summed E-state index contributed by atoms with van der Waals surface area (Å²) in [6.07, 6.45) is -0.419. The minimum Gasteiger partial charge on any atom is -0.387 e. The second-order valence-electron chi connectivity index (χ2n) is 4.02. The molecule has 0 spiro atoms. The van der Waals surface area contributed by atoms with Crippen molar-refractivity contribution in [2.75, 3.05) is 32.8 Å². The van der Waals surface area contributed by atoms with Crippen LogP contribution in [0.3, 0.4) is 0 Å². The SMILES string of the molecule is CCOCCN(CC)CC(O)c1ccccc1. The minimum atomic E-state index is -0.419. The summed E-state index contributed by atoms with van der Waals surface area (Å²) in [5.41, 5.74) is 0.974. The predicted octanol–water partition coefficient (Wildman–Crippen LogP) is 2.08. The van der Waals surface area contributed by atoms with Gasteiger partial charge in [-0.1, -0.05) is 37.3 Å². The van der Waals surface area contributed by atoms with Crippen molar-refractivity contribution in [2.24, 2.45) is 0 Å². The van der Waals surface area contributed by atoms with Gasteiger partial charge in [-0.2, -0.15) is 0 Å². The number of aliphatic hydroxyl groups is 1. The molecular weight excluding hydrogens is 214 g/mol. The Bertz CT molecular complexity index is 290. The van der Waals surface area contributed by atoms with E-state index in [2.05, 4.69) is 11.8 Å². The summed E-state index contributed by atoms with van der Waals surface area (Å²) < 4.78 is 5.33. The molecule has 0 aliphatic carbocycles. The highest BCUT2D eigenvalue weighted by molar-refractivity contribution is 5.17. The van der Waals surface area contributed by atoms with Crippen LogP contribution in [-0.2, 0) is 4.74 Å². The molecule has 1 rings (SSSR count). The molecule has 1 atom stereocenters.